The zero-order valence-corrected chi connectivity index (χ0v) is 26.2. The van der Waals surface area contributed by atoms with E-state index >= 15 is 0 Å². The van der Waals surface area contributed by atoms with Crippen molar-refractivity contribution in [1.82, 2.24) is 14.7 Å². The lowest BCUT2D eigenvalue weighted by Crippen LogP contribution is -2.57. The molecule has 2 aliphatic rings. The number of carbonyl (C=O) groups is 1. The van der Waals surface area contributed by atoms with E-state index in [0.29, 0.717) is 57.0 Å². The van der Waals surface area contributed by atoms with Crippen molar-refractivity contribution < 1.29 is 45.7 Å². The minimum atomic E-state index is -5.07. The fraction of sp³-hybridized carbons (Fsp3) is 0.536. The Morgan fingerprint density at radius 3 is 1.91 bits per heavy atom. The summed E-state index contributed by atoms with van der Waals surface area (Å²) in [7, 11) is 3.25. The third-order valence-electron chi connectivity index (χ3n) is 7.77. The summed E-state index contributed by atoms with van der Waals surface area (Å²) in [5, 5.41) is 10.2. The van der Waals surface area contributed by atoms with Gasteiger partial charge in [0.2, 0.25) is 0 Å². The van der Waals surface area contributed by atoms with Crippen LogP contribution in [0.2, 0.25) is 5.02 Å². The molecule has 0 bridgehead atoms. The maximum absolute atomic E-state index is 13.6. The highest BCUT2D eigenvalue weighted by Gasteiger charge is 2.39. The van der Waals surface area contributed by atoms with E-state index in [0.717, 1.165) is 0 Å². The Morgan fingerprint density at radius 2 is 1.41 bits per heavy atom. The first-order chi connectivity index (χ1) is 19.7. The first-order valence-corrected chi connectivity index (χ1v) is 13.7. The smallest absolute Gasteiger partial charge is 0.416 e. The number of hydrogen-bond donors (Lipinski definition) is 1. The van der Waals surface area contributed by atoms with Crippen molar-refractivity contribution in [3.63, 3.8) is 0 Å². The summed E-state index contributed by atoms with van der Waals surface area (Å²) in [6, 6.07) is 4.87. The summed E-state index contributed by atoms with van der Waals surface area (Å²) < 4.78 is 91.9. The molecule has 0 saturated carbocycles. The summed E-state index contributed by atoms with van der Waals surface area (Å²) in [5.41, 5.74) is -3.18. The first kappa shape index (κ1) is 38.2. The number of phenolic OH excluding ortho intramolecular Hbond substituents is 1. The third-order valence-corrected chi connectivity index (χ3v) is 8.09. The molecule has 2 heterocycles. The van der Waals surface area contributed by atoms with Crippen LogP contribution in [0, 0.1) is 0 Å². The maximum Gasteiger partial charge on any atom is 0.416 e. The van der Waals surface area contributed by atoms with Crippen LogP contribution in [0.25, 0.3) is 0 Å². The van der Waals surface area contributed by atoms with E-state index in [9.17, 15) is 36.2 Å². The van der Waals surface area contributed by atoms with E-state index in [-0.39, 0.29) is 66.8 Å². The van der Waals surface area contributed by atoms with Gasteiger partial charge in [0.15, 0.2) is 0 Å². The molecule has 1 N–H and O–H groups in total. The quantitative estimate of drug-likeness (QED) is 0.361. The van der Waals surface area contributed by atoms with Crippen molar-refractivity contribution in [2.24, 2.45) is 0 Å². The van der Waals surface area contributed by atoms with E-state index < -0.39 is 41.0 Å². The number of benzene rings is 2. The molecular formula is C28H34Cl3F6N3O4. The molecule has 1 amide bonds. The van der Waals surface area contributed by atoms with E-state index in [4.69, 9.17) is 21.1 Å². The van der Waals surface area contributed by atoms with Gasteiger partial charge in [-0.1, -0.05) is 17.7 Å². The number of nitrogens with zero attached hydrogens (tertiary/aromatic N) is 3. The molecule has 2 aromatic carbocycles. The molecule has 7 nitrogen and oxygen atoms in total. The molecule has 16 heteroatoms. The fourth-order valence-electron chi connectivity index (χ4n) is 5.50. The molecule has 4 rings (SSSR count). The van der Waals surface area contributed by atoms with Crippen LogP contribution in [0.4, 0.5) is 26.3 Å². The number of methoxy groups -OCH3 is 2. The van der Waals surface area contributed by atoms with Crippen molar-refractivity contribution in [3.8, 4) is 5.75 Å². The number of alkyl halides is 6. The molecule has 0 spiro atoms. The van der Waals surface area contributed by atoms with Gasteiger partial charge in [-0.15, -0.1) is 24.8 Å². The van der Waals surface area contributed by atoms with Gasteiger partial charge in [-0.05, 0) is 42.3 Å². The zero-order chi connectivity index (χ0) is 30.8. The van der Waals surface area contributed by atoms with E-state index in [2.05, 4.69) is 9.80 Å². The molecule has 0 radical (unpaired) electrons. The number of ether oxygens (including phenoxy) is 2. The lowest BCUT2D eigenvalue weighted by atomic mass is 9.99. The second-order valence-corrected chi connectivity index (χ2v) is 11.0. The number of hydrogen-bond acceptors (Lipinski definition) is 6. The minimum Gasteiger partial charge on any atom is -0.506 e. The predicted octanol–water partition coefficient (Wildman–Crippen LogP) is 5.64. The number of halogens is 9. The van der Waals surface area contributed by atoms with Gasteiger partial charge in [0.05, 0.1) is 28.4 Å². The van der Waals surface area contributed by atoms with Gasteiger partial charge in [0.25, 0.3) is 5.91 Å². The zero-order valence-electron chi connectivity index (χ0n) is 23.8. The normalized spacial score (nSPS) is 21.6. The first-order valence-electron chi connectivity index (χ1n) is 13.3. The number of piperazine rings is 1. The summed E-state index contributed by atoms with van der Waals surface area (Å²) in [6.07, 6.45) is -10.1. The van der Waals surface area contributed by atoms with E-state index in [1.807, 2.05) is 0 Å². The molecular weight excluding hydrogens is 663 g/mol. The topological polar surface area (TPSA) is 65.5 Å². The Hall–Kier alpha value is -2.00. The average molecular weight is 697 g/mol. The molecule has 248 valence electrons. The highest BCUT2D eigenvalue weighted by molar-refractivity contribution is 6.32. The molecule has 0 aromatic heterocycles. The van der Waals surface area contributed by atoms with Crippen LogP contribution in [-0.2, 0) is 28.2 Å². The Kier molecular flexibility index (Phi) is 13.5. The van der Waals surface area contributed by atoms with Crippen LogP contribution in [0.1, 0.15) is 27.0 Å². The summed E-state index contributed by atoms with van der Waals surface area (Å²) in [5.74, 6) is -1.11. The van der Waals surface area contributed by atoms with E-state index in [1.54, 1.807) is 20.3 Å². The second-order valence-electron chi connectivity index (χ2n) is 10.5. The number of carbonyl (C=O) groups excluding carboxylic acids is 1. The Balaban J connectivity index is 0.00000337. The van der Waals surface area contributed by atoms with Crippen LogP contribution >= 0.6 is 36.4 Å². The fourth-order valence-corrected chi connectivity index (χ4v) is 5.62. The molecule has 2 saturated heterocycles. The standard InChI is InChI=1S/C28H32ClF6N3O4.2ClH/c1-41-24-15-37(16-25(24)42-2)6-5-36-7-8-38(21(14-36)9-17-3-4-22(29)23(39)10-17)26(40)18-11-19(27(30,31)32)13-20(12-18)28(33,34)35;;/h3-4,10-13,21,24-25,39H,5-9,14-16H2,1-2H3;2*1H/t21-,24+,25+;;/m1../s1. The predicted molar refractivity (Wildman–Crippen MR) is 157 cm³/mol. The Labute approximate surface area is 268 Å². The molecule has 2 aliphatic heterocycles. The molecule has 2 aromatic rings. The molecule has 0 unspecified atom stereocenters. The highest BCUT2D eigenvalue weighted by Crippen LogP contribution is 2.37. The second kappa shape index (κ2) is 15.5. The van der Waals surface area contributed by atoms with Gasteiger partial charge in [-0.25, -0.2) is 0 Å². The van der Waals surface area contributed by atoms with E-state index in [1.165, 1.54) is 17.0 Å². The summed E-state index contributed by atoms with van der Waals surface area (Å²) in [6.45, 7) is 3.41. The number of phenols is 1. The number of aromatic hydroxyl groups is 1. The summed E-state index contributed by atoms with van der Waals surface area (Å²) in [4.78, 5) is 19.2. The lowest BCUT2D eigenvalue weighted by molar-refractivity contribution is -0.143. The molecule has 44 heavy (non-hydrogen) atoms. The van der Waals surface area contributed by atoms with Crippen LogP contribution in [0.15, 0.2) is 36.4 Å². The molecule has 0 aliphatic carbocycles. The highest BCUT2D eigenvalue weighted by atomic mass is 35.5. The van der Waals surface area contributed by atoms with Crippen LogP contribution in [0.5, 0.6) is 5.75 Å². The van der Waals surface area contributed by atoms with Gasteiger partial charge in [0.1, 0.15) is 5.75 Å². The monoisotopic (exact) mass is 695 g/mol. The van der Waals surface area contributed by atoms with Gasteiger partial charge >= 0.3 is 12.4 Å². The minimum absolute atomic E-state index is 0. The Bertz CT molecular complexity index is 1230. The van der Waals surface area contributed by atoms with Crippen molar-refractivity contribution in [3.05, 3.63) is 63.7 Å². The third kappa shape index (κ3) is 9.27. The van der Waals surface area contributed by atoms with Crippen LogP contribution in [-0.4, -0.2) is 104 Å². The van der Waals surface area contributed by atoms with Crippen molar-refractivity contribution in [1.29, 1.82) is 0 Å². The molecule has 2 fully saturated rings. The van der Waals surface area contributed by atoms with Gasteiger partial charge in [-0.2, -0.15) is 26.3 Å². The van der Waals surface area contributed by atoms with Crippen LogP contribution in [0.3, 0.4) is 0 Å². The van der Waals surface area contributed by atoms with Gasteiger partial charge < -0.3 is 19.5 Å². The average Bonchev–Trinajstić information content (AvgIpc) is 3.35. The van der Waals surface area contributed by atoms with Gasteiger partial charge in [0, 0.05) is 71.6 Å². The number of rotatable bonds is 8. The largest absolute Gasteiger partial charge is 0.506 e. The Morgan fingerprint density at radius 1 is 0.864 bits per heavy atom. The SMILES string of the molecule is CO[C@H]1CN(CCN2CCN(C(=O)c3cc(C(F)(F)F)cc(C(F)(F)F)c3)[C@H](Cc3ccc(Cl)c(O)c3)C2)C[C@@H]1OC.Cl.Cl. The van der Waals surface area contributed by atoms with Crippen LogP contribution < -0.4 is 0 Å². The van der Waals surface area contributed by atoms with Crippen molar-refractivity contribution >= 4 is 42.3 Å². The van der Waals surface area contributed by atoms with Gasteiger partial charge in [-0.3, -0.25) is 14.6 Å². The molecule has 3 atom stereocenters. The number of likely N-dealkylation sites (tertiary alicyclic amines) is 1. The van der Waals surface area contributed by atoms with Crippen molar-refractivity contribution in [2.75, 3.05) is 60.0 Å². The lowest BCUT2D eigenvalue weighted by Gasteiger charge is -2.42. The number of amides is 1. The summed E-state index contributed by atoms with van der Waals surface area (Å²) >= 11 is 5.92. The van der Waals surface area contributed by atoms with Crippen molar-refractivity contribution in [2.45, 2.75) is 37.0 Å². The maximum atomic E-state index is 13.6.